The first-order chi connectivity index (χ1) is 43.0. The molecule has 5 atom stereocenters. The highest BCUT2D eigenvalue weighted by Crippen LogP contribution is 2.10. The number of rotatable bonds is 56. The Morgan fingerprint density at radius 2 is 0.900 bits per heavy atom. The molecule has 0 aromatic heterocycles. The number of hydrogen-bond acceptors (Lipinski definition) is 21. The number of urea groups is 1. The minimum absolute atomic E-state index is 0.0237. The summed E-state index contributed by atoms with van der Waals surface area (Å²) < 4.78 is 43.7. The molecule has 1 heterocycles. The van der Waals surface area contributed by atoms with Crippen LogP contribution in [0.3, 0.4) is 0 Å². The number of carbonyl (C=O) groups is 13. The van der Waals surface area contributed by atoms with E-state index in [9.17, 15) is 67.4 Å². The van der Waals surface area contributed by atoms with Crippen molar-refractivity contribution < 1.29 is 116 Å². The molecule has 0 aromatic rings. The van der Waals surface area contributed by atoms with Gasteiger partial charge >= 0.3 is 23.9 Å². The largest absolute Gasteiger partial charge is 0.481 e. The summed E-state index contributed by atoms with van der Waals surface area (Å²) >= 11 is 0. The summed E-state index contributed by atoms with van der Waals surface area (Å²) in [5.41, 5.74) is 0. The number of likely N-dealkylation sites (N-methyl/N-ethyl adjacent to an activating group) is 1. The highest BCUT2D eigenvalue weighted by molar-refractivity contribution is 6.12. The molecule has 0 saturated heterocycles. The van der Waals surface area contributed by atoms with Crippen LogP contribution >= 0.6 is 0 Å². The molecule has 90 heavy (non-hydrogen) atoms. The van der Waals surface area contributed by atoms with Gasteiger partial charge in [0.25, 0.3) is 11.8 Å². The molecule has 0 radical (unpaired) electrons. The molecule has 1 aliphatic rings. The average molecular weight is 1290 g/mol. The molecule has 1 rings (SSSR count). The van der Waals surface area contributed by atoms with E-state index in [0.717, 1.165) is 17.1 Å². The summed E-state index contributed by atoms with van der Waals surface area (Å²) in [5, 5.41) is 49.6. The van der Waals surface area contributed by atoms with Gasteiger partial charge in [-0.05, 0) is 58.3 Å². The van der Waals surface area contributed by atoms with E-state index in [0.29, 0.717) is 98.6 Å². The summed E-state index contributed by atoms with van der Waals surface area (Å²) in [6.45, 7) is 12.1. The van der Waals surface area contributed by atoms with Gasteiger partial charge in [0.2, 0.25) is 41.4 Å². The SMILES string of the molecule is CCNC(=O)C(C)NC(=O)C(NC(=O)C(CCCCNC(=O)CCOCCOCCOCCOCCOCCOCCOCCOCCNC(=O)CNC(=O)CCC(NC(=O)NC(CCC(=O)O)C(=O)O)C(=O)O)NC(=O)CCCN1C(=O)C=CC1=O)C(C)C. The van der Waals surface area contributed by atoms with E-state index in [1.54, 1.807) is 20.8 Å². The van der Waals surface area contributed by atoms with Crippen LogP contribution in [0.4, 0.5) is 4.79 Å². The van der Waals surface area contributed by atoms with Crippen LogP contribution in [-0.2, 0) is 95.4 Å². The van der Waals surface area contributed by atoms with Gasteiger partial charge in [0.05, 0.1) is 112 Å². The second kappa shape index (κ2) is 50.3. The van der Waals surface area contributed by atoms with Crippen molar-refractivity contribution in [3.63, 3.8) is 0 Å². The number of imide groups is 1. The molecule has 34 nitrogen and oxygen atoms in total. The number of carboxylic acids is 3. The second-order valence-electron chi connectivity index (χ2n) is 20.2. The molecule has 0 aliphatic carbocycles. The van der Waals surface area contributed by atoms with E-state index in [1.165, 1.54) is 6.92 Å². The normalized spacial score (nSPS) is 13.5. The fraction of sp³-hybridized carbons (Fsp3) is 0.732. The minimum Gasteiger partial charge on any atom is -0.481 e. The Kier molecular flexibility index (Phi) is 45.0. The van der Waals surface area contributed by atoms with Crippen molar-refractivity contribution in [2.75, 3.05) is 138 Å². The van der Waals surface area contributed by atoms with Gasteiger partial charge in [-0.25, -0.2) is 14.4 Å². The molecule has 11 amide bonds. The Hall–Kier alpha value is -7.47. The number of hydrogen-bond donors (Lipinski definition) is 12. The third-order valence-electron chi connectivity index (χ3n) is 12.5. The highest BCUT2D eigenvalue weighted by atomic mass is 16.6. The van der Waals surface area contributed by atoms with Gasteiger partial charge in [-0.2, -0.15) is 0 Å². The predicted octanol–water partition coefficient (Wildman–Crippen LogP) is -3.15. The number of nitrogens with zero attached hydrogens (tertiary/aromatic N) is 1. The van der Waals surface area contributed by atoms with Crippen molar-refractivity contribution in [1.29, 1.82) is 0 Å². The van der Waals surface area contributed by atoms with Crippen molar-refractivity contribution in [2.24, 2.45) is 5.92 Å². The summed E-state index contributed by atoms with van der Waals surface area (Å²) in [5.74, 6) is -9.14. The van der Waals surface area contributed by atoms with Gasteiger partial charge in [-0.1, -0.05) is 13.8 Å². The molecule has 512 valence electrons. The van der Waals surface area contributed by atoms with Crippen LogP contribution in [0.1, 0.15) is 91.9 Å². The molecular formula is C56H94N10O24. The molecule has 34 heteroatoms. The molecule has 12 N–H and O–H groups in total. The van der Waals surface area contributed by atoms with Crippen molar-refractivity contribution in [3.8, 4) is 0 Å². The number of carboxylic acid groups (broad SMARTS) is 3. The summed E-state index contributed by atoms with van der Waals surface area (Å²) in [6, 6.07) is -7.27. The fourth-order valence-corrected chi connectivity index (χ4v) is 7.67. The minimum atomic E-state index is -1.58. The first kappa shape index (κ1) is 80.5. The first-order valence-corrected chi connectivity index (χ1v) is 29.9. The van der Waals surface area contributed by atoms with Crippen LogP contribution in [0.2, 0.25) is 0 Å². The van der Waals surface area contributed by atoms with Crippen LogP contribution in [0.25, 0.3) is 0 Å². The zero-order valence-corrected chi connectivity index (χ0v) is 51.9. The maximum atomic E-state index is 13.6. The number of carbonyl (C=O) groups excluding carboxylic acids is 10. The maximum Gasteiger partial charge on any atom is 0.326 e. The van der Waals surface area contributed by atoms with E-state index in [1.807, 2.05) is 10.6 Å². The lowest BCUT2D eigenvalue weighted by atomic mass is 10.0. The molecule has 0 saturated carbocycles. The number of amides is 11. The molecule has 0 fully saturated rings. The zero-order chi connectivity index (χ0) is 66.9. The van der Waals surface area contributed by atoms with Crippen molar-refractivity contribution >= 4 is 77.1 Å². The number of nitrogens with one attached hydrogen (secondary N) is 9. The maximum absolute atomic E-state index is 13.6. The van der Waals surface area contributed by atoms with Crippen molar-refractivity contribution in [3.05, 3.63) is 12.2 Å². The number of aliphatic carboxylic acids is 3. The lowest BCUT2D eigenvalue weighted by Gasteiger charge is -2.26. The van der Waals surface area contributed by atoms with Crippen LogP contribution < -0.4 is 47.9 Å². The van der Waals surface area contributed by atoms with E-state index in [2.05, 4.69) is 37.2 Å². The summed E-state index contributed by atoms with van der Waals surface area (Å²) in [6.07, 6.45) is 1.77. The number of ether oxygens (including phenoxy) is 8. The Labute approximate surface area is 522 Å². The Balaban J connectivity index is 2.06. The smallest absolute Gasteiger partial charge is 0.326 e. The fourth-order valence-electron chi connectivity index (χ4n) is 7.67. The highest BCUT2D eigenvalue weighted by Gasteiger charge is 2.31. The van der Waals surface area contributed by atoms with Crippen LogP contribution in [0, 0.1) is 5.92 Å². The summed E-state index contributed by atoms with van der Waals surface area (Å²) in [4.78, 5) is 159. The molecule has 5 unspecified atom stereocenters. The molecule has 0 spiro atoms. The topological polar surface area (TPSA) is 468 Å². The second-order valence-corrected chi connectivity index (χ2v) is 20.2. The Morgan fingerprint density at radius 3 is 1.38 bits per heavy atom. The van der Waals surface area contributed by atoms with Crippen LogP contribution in [0.5, 0.6) is 0 Å². The summed E-state index contributed by atoms with van der Waals surface area (Å²) in [7, 11) is 0. The van der Waals surface area contributed by atoms with Gasteiger partial charge in [0, 0.05) is 64.0 Å². The Morgan fingerprint density at radius 1 is 0.433 bits per heavy atom. The molecule has 0 aromatic carbocycles. The zero-order valence-electron chi connectivity index (χ0n) is 51.9. The van der Waals surface area contributed by atoms with Gasteiger partial charge in [-0.15, -0.1) is 0 Å². The van der Waals surface area contributed by atoms with E-state index in [-0.39, 0.29) is 96.0 Å². The molecule has 1 aliphatic heterocycles. The van der Waals surface area contributed by atoms with E-state index in [4.69, 9.17) is 48.1 Å². The average Bonchev–Trinajstić information content (AvgIpc) is 2.21. The number of unbranched alkanes of at least 4 members (excludes halogenated alkanes) is 1. The van der Waals surface area contributed by atoms with Gasteiger partial charge in [-0.3, -0.25) is 52.8 Å². The molecule has 0 bridgehead atoms. The molecular weight excluding hydrogens is 1200 g/mol. The van der Waals surface area contributed by atoms with Crippen LogP contribution in [0.15, 0.2) is 12.2 Å². The third-order valence-corrected chi connectivity index (χ3v) is 12.5. The van der Waals surface area contributed by atoms with Crippen LogP contribution in [-0.4, -0.2) is 266 Å². The van der Waals surface area contributed by atoms with Gasteiger partial charge in [0.15, 0.2) is 0 Å². The van der Waals surface area contributed by atoms with Crippen molar-refractivity contribution in [1.82, 2.24) is 52.8 Å². The Bertz CT molecular complexity index is 2240. The standard InChI is InChI=1S/C56H94N10O24/c1-5-57-51(75)39(4)61-53(77)50(38(2)3)65-52(76)40(62-45(69)10-8-20-66-47(71)14-15-48(66)72)9-6-7-18-58-44(68)17-21-83-23-25-85-27-29-87-31-33-89-35-36-90-34-32-88-30-28-86-26-24-84-22-19-59-46(70)37-60-43(67)13-11-41(54(78)79)63-56(82)64-42(55(80)81)12-16-49(73)74/h14-15,38-42,50H,5-13,16-37H2,1-4H3,(H,57,75)(H,58,68)(H,59,70)(H,60,67)(H,61,77)(H,62,69)(H,65,76)(H,73,74)(H,78,79)(H,80,81)(H2,63,64,82). The van der Waals surface area contributed by atoms with Gasteiger partial charge < -0.3 is 101 Å². The first-order valence-electron chi connectivity index (χ1n) is 29.9. The van der Waals surface area contributed by atoms with Gasteiger partial charge in [0.1, 0.15) is 30.2 Å². The predicted molar refractivity (Wildman–Crippen MR) is 315 cm³/mol. The monoisotopic (exact) mass is 1290 g/mol. The lowest BCUT2D eigenvalue weighted by molar-refractivity contribution is -0.141. The quantitative estimate of drug-likeness (QED) is 0.0211. The third kappa shape index (κ3) is 40.9. The van der Waals surface area contributed by atoms with E-state index < -0.39 is 121 Å². The van der Waals surface area contributed by atoms with E-state index >= 15 is 0 Å². The lowest BCUT2D eigenvalue weighted by Crippen LogP contribution is -2.57. The van der Waals surface area contributed by atoms with Crippen molar-refractivity contribution in [2.45, 2.75) is 122 Å².